The SMILES string of the molecule is Cn1cc(Cl)cc1C(=O)OCc1cc(Cl)cc2c1OCOC2. The van der Waals surface area contributed by atoms with Crippen LogP contribution in [0.15, 0.2) is 24.4 Å². The molecule has 22 heavy (non-hydrogen) atoms. The van der Waals surface area contributed by atoms with E-state index < -0.39 is 5.97 Å². The largest absolute Gasteiger partial charge is 0.467 e. The zero-order chi connectivity index (χ0) is 15.7. The van der Waals surface area contributed by atoms with Crippen LogP contribution in [0.2, 0.25) is 10.0 Å². The van der Waals surface area contributed by atoms with Crippen LogP contribution in [0.4, 0.5) is 0 Å². The summed E-state index contributed by atoms with van der Waals surface area (Å²) >= 11 is 11.9. The van der Waals surface area contributed by atoms with Crippen LogP contribution in [-0.2, 0) is 29.7 Å². The first-order valence-electron chi connectivity index (χ1n) is 6.55. The minimum Gasteiger partial charge on any atom is -0.467 e. The van der Waals surface area contributed by atoms with Crippen molar-refractivity contribution < 1.29 is 19.0 Å². The summed E-state index contributed by atoms with van der Waals surface area (Å²) in [6.07, 6.45) is 1.64. The van der Waals surface area contributed by atoms with Crippen LogP contribution in [0.1, 0.15) is 21.6 Å². The Bertz CT molecular complexity index is 727. The van der Waals surface area contributed by atoms with Gasteiger partial charge in [-0.3, -0.25) is 0 Å². The van der Waals surface area contributed by atoms with Gasteiger partial charge in [0.25, 0.3) is 0 Å². The number of hydrogen-bond donors (Lipinski definition) is 0. The molecule has 0 amide bonds. The number of rotatable bonds is 3. The predicted molar refractivity (Wildman–Crippen MR) is 81.3 cm³/mol. The maximum Gasteiger partial charge on any atom is 0.355 e. The second kappa shape index (κ2) is 6.20. The van der Waals surface area contributed by atoms with E-state index in [0.29, 0.717) is 33.7 Å². The Labute approximate surface area is 137 Å². The van der Waals surface area contributed by atoms with E-state index in [1.807, 2.05) is 0 Å². The molecule has 1 aliphatic rings. The van der Waals surface area contributed by atoms with Crippen LogP contribution in [0, 0.1) is 0 Å². The third-order valence-electron chi connectivity index (χ3n) is 3.29. The molecule has 0 radical (unpaired) electrons. The van der Waals surface area contributed by atoms with E-state index in [-0.39, 0.29) is 13.4 Å². The van der Waals surface area contributed by atoms with Gasteiger partial charge in [0.1, 0.15) is 18.1 Å². The lowest BCUT2D eigenvalue weighted by Gasteiger charge is -2.21. The third kappa shape index (κ3) is 3.06. The Kier molecular flexibility index (Phi) is 4.29. The van der Waals surface area contributed by atoms with Gasteiger partial charge in [-0.15, -0.1) is 0 Å². The van der Waals surface area contributed by atoms with Crippen LogP contribution in [-0.4, -0.2) is 17.3 Å². The van der Waals surface area contributed by atoms with Crippen LogP contribution in [0.3, 0.4) is 0 Å². The summed E-state index contributed by atoms with van der Waals surface area (Å²) in [5.41, 5.74) is 1.93. The highest BCUT2D eigenvalue weighted by Crippen LogP contribution is 2.32. The zero-order valence-corrected chi connectivity index (χ0v) is 13.3. The minimum absolute atomic E-state index is 0.0600. The van der Waals surface area contributed by atoms with Crippen LogP contribution in [0.5, 0.6) is 5.75 Å². The average Bonchev–Trinajstić information content (AvgIpc) is 2.83. The Hall–Kier alpha value is -1.69. The van der Waals surface area contributed by atoms with Crippen molar-refractivity contribution in [1.82, 2.24) is 4.57 Å². The lowest BCUT2D eigenvalue weighted by molar-refractivity contribution is -0.0180. The molecule has 3 rings (SSSR count). The molecule has 0 N–H and O–H groups in total. The molecular formula is C15H13Cl2NO4. The Morgan fingerprint density at radius 2 is 2.14 bits per heavy atom. The topological polar surface area (TPSA) is 49.7 Å². The number of halogens is 2. The summed E-state index contributed by atoms with van der Waals surface area (Å²) in [5.74, 6) is 0.198. The maximum atomic E-state index is 12.1. The second-order valence-corrected chi connectivity index (χ2v) is 5.77. The van der Waals surface area contributed by atoms with Crippen LogP contribution >= 0.6 is 23.2 Å². The van der Waals surface area contributed by atoms with Gasteiger partial charge in [-0.05, 0) is 18.2 Å². The first kappa shape index (κ1) is 15.2. The number of carbonyl (C=O) groups excluding carboxylic acids is 1. The van der Waals surface area contributed by atoms with Crippen LogP contribution < -0.4 is 4.74 Å². The van der Waals surface area contributed by atoms with Gasteiger partial charge in [-0.2, -0.15) is 0 Å². The lowest BCUT2D eigenvalue weighted by atomic mass is 10.1. The number of carbonyl (C=O) groups is 1. The van der Waals surface area contributed by atoms with Gasteiger partial charge < -0.3 is 18.8 Å². The Balaban J connectivity index is 1.78. The first-order chi connectivity index (χ1) is 10.5. The summed E-state index contributed by atoms with van der Waals surface area (Å²) < 4.78 is 17.6. The molecule has 1 aromatic heterocycles. The van der Waals surface area contributed by atoms with Crippen molar-refractivity contribution in [1.29, 1.82) is 0 Å². The molecule has 0 bridgehead atoms. The number of aromatic nitrogens is 1. The number of esters is 1. The molecule has 0 unspecified atom stereocenters. The molecule has 0 saturated carbocycles. The molecule has 0 fully saturated rings. The summed E-state index contributed by atoms with van der Waals surface area (Å²) in [7, 11) is 1.73. The number of fused-ring (bicyclic) bond motifs is 1. The van der Waals surface area contributed by atoms with Crippen molar-refractivity contribution >= 4 is 29.2 Å². The average molecular weight is 342 g/mol. The highest BCUT2D eigenvalue weighted by Gasteiger charge is 2.19. The van der Waals surface area contributed by atoms with E-state index in [0.717, 1.165) is 5.56 Å². The molecule has 7 heteroatoms. The number of nitrogens with zero attached hydrogens (tertiary/aromatic N) is 1. The molecule has 116 valence electrons. The van der Waals surface area contributed by atoms with Gasteiger partial charge in [0, 0.05) is 29.4 Å². The highest BCUT2D eigenvalue weighted by atomic mass is 35.5. The fourth-order valence-corrected chi connectivity index (χ4v) is 2.82. The second-order valence-electron chi connectivity index (χ2n) is 4.89. The van der Waals surface area contributed by atoms with Crippen LogP contribution in [0.25, 0.3) is 0 Å². The fraction of sp³-hybridized carbons (Fsp3) is 0.267. The monoisotopic (exact) mass is 341 g/mol. The molecule has 5 nitrogen and oxygen atoms in total. The van der Waals surface area contributed by atoms with E-state index in [1.165, 1.54) is 0 Å². The molecule has 0 atom stereocenters. The van der Waals surface area contributed by atoms with Gasteiger partial charge in [0.05, 0.1) is 11.6 Å². The standard InChI is InChI=1S/C15H13Cl2NO4/c1-18-5-12(17)4-13(18)15(19)21-7-10-3-11(16)2-9-6-20-8-22-14(9)10/h2-5H,6-8H2,1H3. The van der Waals surface area contributed by atoms with E-state index in [4.69, 9.17) is 37.4 Å². The van der Waals surface area contributed by atoms with Crippen molar-refractivity contribution in [2.24, 2.45) is 7.05 Å². The van der Waals surface area contributed by atoms with Crippen molar-refractivity contribution in [2.45, 2.75) is 13.2 Å². The molecule has 0 aliphatic carbocycles. The summed E-state index contributed by atoms with van der Waals surface area (Å²) in [6.45, 7) is 0.651. The number of benzene rings is 1. The van der Waals surface area contributed by atoms with E-state index in [2.05, 4.69) is 0 Å². The van der Waals surface area contributed by atoms with E-state index >= 15 is 0 Å². The smallest absolute Gasteiger partial charge is 0.355 e. The summed E-state index contributed by atoms with van der Waals surface area (Å²) in [5, 5.41) is 1.02. The van der Waals surface area contributed by atoms with Gasteiger partial charge in [0.2, 0.25) is 0 Å². The van der Waals surface area contributed by atoms with Gasteiger partial charge in [-0.25, -0.2) is 4.79 Å². The Morgan fingerprint density at radius 1 is 1.32 bits per heavy atom. The number of ether oxygens (including phenoxy) is 3. The Morgan fingerprint density at radius 3 is 2.86 bits per heavy atom. The maximum absolute atomic E-state index is 12.1. The molecule has 0 saturated heterocycles. The summed E-state index contributed by atoms with van der Waals surface area (Å²) in [6, 6.07) is 5.05. The van der Waals surface area contributed by atoms with Crippen molar-refractivity contribution in [2.75, 3.05) is 6.79 Å². The van der Waals surface area contributed by atoms with E-state index in [1.54, 1.807) is 36.0 Å². The number of hydrogen-bond acceptors (Lipinski definition) is 4. The normalized spacial score (nSPS) is 13.4. The minimum atomic E-state index is -0.463. The van der Waals surface area contributed by atoms with Gasteiger partial charge >= 0.3 is 5.97 Å². The highest BCUT2D eigenvalue weighted by molar-refractivity contribution is 6.31. The molecular weight excluding hydrogens is 329 g/mol. The number of aryl methyl sites for hydroxylation is 1. The molecule has 2 heterocycles. The van der Waals surface area contributed by atoms with E-state index in [9.17, 15) is 4.79 Å². The fourth-order valence-electron chi connectivity index (χ4n) is 2.31. The van der Waals surface area contributed by atoms with Crippen molar-refractivity contribution in [3.05, 3.63) is 51.3 Å². The quantitative estimate of drug-likeness (QED) is 0.801. The third-order valence-corrected chi connectivity index (χ3v) is 3.72. The molecule has 0 spiro atoms. The lowest BCUT2D eigenvalue weighted by Crippen LogP contribution is -2.15. The van der Waals surface area contributed by atoms with Gasteiger partial charge in [0.15, 0.2) is 6.79 Å². The zero-order valence-electron chi connectivity index (χ0n) is 11.8. The molecule has 1 aromatic carbocycles. The van der Waals surface area contributed by atoms with Gasteiger partial charge in [-0.1, -0.05) is 23.2 Å². The molecule has 1 aliphatic heterocycles. The molecule has 2 aromatic rings. The van der Waals surface area contributed by atoms with Crippen molar-refractivity contribution in [3.8, 4) is 5.75 Å². The first-order valence-corrected chi connectivity index (χ1v) is 7.31. The van der Waals surface area contributed by atoms with Crippen molar-refractivity contribution in [3.63, 3.8) is 0 Å². The predicted octanol–water partition coefficient (Wildman–Crippen LogP) is 3.56. The summed E-state index contributed by atoms with van der Waals surface area (Å²) in [4.78, 5) is 12.1.